The number of aryl methyl sites for hydroxylation is 1. The highest BCUT2D eigenvalue weighted by Gasteiger charge is 2.16. The highest BCUT2D eigenvalue weighted by molar-refractivity contribution is 7.69. The van der Waals surface area contributed by atoms with Crippen LogP contribution in [0.4, 0.5) is 4.39 Å². The number of fused-ring (bicyclic) bond motifs is 2. The number of halogens is 1. The Labute approximate surface area is 212 Å². The molecule has 0 amide bonds. The van der Waals surface area contributed by atoms with Gasteiger partial charge in [-0.2, -0.15) is 5.10 Å². The Bertz CT molecular complexity index is 1790. The van der Waals surface area contributed by atoms with Crippen LogP contribution >= 0.6 is 0 Å². The van der Waals surface area contributed by atoms with E-state index in [0.29, 0.717) is 0 Å². The van der Waals surface area contributed by atoms with E-state index in [1.807, 2.05) is 49.4 Å². The molecule has 0 radical (unpaired) electrons. The molecular weight excluding hydrogens is 493 g/mol. The quantitative estimate of drug-likeness (QED) is 0.256. The summed E-state index contributed by atoms with van der Waals surface area (Å²) in [7, 11) is -2.62. The molecule has 6 rings (SSSR count). The van der Waals surface area contributed by atoms with Crippen molar-refractivity contribution in [3.8, 4) is 33.9 Å². The zero-order valence-electron chi connectivity index (χ0n) is 19.6. The molecule has 0 aliphatic carbocycles. The zero-order valence-corrected chi connectivity index (χ0v) is 20.5. The van der Waals surface area contributed by atoms with Gasteiger partial charge in [-0.25, -0.2) is 22.9 Å². The number of hydrogen-bond donors (Lipinski definition) is 4. The average Bonchev–Trinajstić information content (AvgIpc) is 3.52. The maximum Gasteiger partial charge on any atom is 0.198 e. The lowest BCUT2D eigenvalue weighted by Gasteiger charge is -2.05. The summed E-state index contributed by atoms with van der Waals surface area (Å²) in [5.74, 6) is -0.259. The molecule has 37 heavy (non-hydrogen) atoms. The van der Waals surface area contributed by atoms with Crippen LogP contribution < -0.4 is 5.14 Å². The second-order valence-electron chi connectivity index (χ2n) is 8.19. The summed E-state index contributed by atoms with van der Waals surface area (Å²) in [5, 5.41) is 12.6. The largest absolute Gasteiger partial charge is 0.353 e. The summed E-state index contributed by atoms with van der Waals surface area (Å²) < 4.78 is 31.8. The van der Waals surface area contributed by atoms with Crippen molar-refractivity contribution < 1.29 is 12.8 Å². The smallest absolute Gasteiger partial charge is 0.198 e. The lowest BCUT2D eigenvalue weighted by atomic mass is 10.0. The fraction of sp³-hybridized carbons (Fsp3) is 0.0769. The van der Waals surface area contributed by atoms with Gasteiger partial charge in [-0.3, -0.25) is 15.1 Å². The highest BCUT2D eigenvalue weighted by atomic mass is 32.2. The van der Waals surface area contributed by atoms with Gasteiger partial charge in [0, 0.05) is 40.6 Å². The summed E-state index contributed by atoms with van der Waals surface area (Å²) in [6.45, 7) is 2.01. The number of benzene rings is 1. The number of nitrogens with one attached hydrogen (secondary N) is 2. The van der Waals surface area contributed by atoms with Crippen LogP contribution in [0, 0.1) is 5.82 Å². The summed E-state index contributed by atoms with van der Waals surface area (Å²) in [6.07, 6.45) is 5.99. The van der Waals surface area contributed by atoms with Gasteiger partial charge in [0.25, 0.3) is 0 Å². The molecule has 186 valence electrons. The van der Waals surface area contributed by atoms with E-state index < -0.39 is 10.9 Å². The van der Waals surface area contributed by atoms with E-state index in [1.165, 1.54) is 6.07 Å². The van der Waals surface area contributed by atoms with Crippen molar-refractivity contribution in [2.45, 2.75) is 13.3 Å². The van der Waals surface area contributed by atoms with Crippen molar-refractivity contribution in [1.29, 1.82) is 0 Å². The summed E-state index contributed by atoms with van der Waals surface area (Å²) in [5.41, 5.74) is 8.31. The summed E-state index contributed by atoms with van der Waals surface area (Å²) in [4.78, 5) is 16.9. The van der Waals surface area contributed by atoms with Crippen LogP contribution in [-0.4, -0.2) is 38.6 Å². The number of nitrogens with two attached hydrogens (primary N) is 1. The highest BCUT2D eigenvalue weighted by Crippen LogP contribution is 2.33. The van der Waals surface area contributed by atoms with Crippen LogP contribution in [0.2, 0.25) is 0 Å². The minimum Gasteiger partial charge on any atom is -0.353 e. The van der Waals surface area contributed by atoms with Gasteiger partial charge in [-0.05, 0) is 66.6 Å². The van der Waals surface area contributed by atoms with Gasteiger partial charge in [-0.1, -0.05) is 6.92 Å². The molecule has 0 aliphatic rings. The van der Waals surface area contributed by atoms with Crippen LogP contribution in [0.1, 0.15) is 12.5 Å². The molecule has 1 aromatic carbocycles. The first-order chi connectivity index (χ1) is 17.9. The number of H-pyrrole nitrogens is 2. The fourth-order valence-electron chi connectivity index (χ4n) is 4.17. The molecule has 0 bridgehead atoms. The summed E-state index contributed by atoms with van der Waals surface area (Å²) >= 11 is 0. The molecule has 0 unspecified atom stereocenters. The number of nitrogens with zero attached hydrogens (tertiary/aromatic N) is 4. The van der Waals surface area contributed by atoms with Gasteiger partial charge in [0.2, 0.25) is 0 Å². The predicted molar refractivity (Wildman–Crippen MR) is 141 cm³/mol. The first-order valence-corrected chi connectivity index (χ1v) is 12.6. The van der Waals surface area contributed by atoms with E-state index in [2.05, 4.69) is 30.3 Å². The number of aromatic nitrogens is 6. The number of thiol groups is 1. The number of hydrogen-bond acceptors (Lipinski definition) is 6. The van der Waals surface area contributed by atoms with Gasteiger partial charge in [-0.15, -0.1) is 0 Å². The third-order valence-electron chi connectivity index (χ3n) is 5.83. The van der Waals surface area contributed by atoms with Gasteiger partial charge in [0.15, 0.2) is 10.9 Å². The number of pyridine rings is 3. The summed E-state index contributed by atoms with van der Waals surface area (Å²) in [6, 6.07) is 16.8. The Morgan fingerprint density at radius 1 is 0.919 bits per heavy atom. The molecule has 6 aromatic rings. The average molecular weight is 516 g/mol. The fourth-order valence-corrected chi connectivity index (χ4v) is 4.17. The first kappa shape index (κ1) is 24.2. The van der Waals surface area contributed by atoms with E-state index in [4.69, 9.17) is 13.4 Å². The second-order valence-corrected chi connectivity index (χ2v) is 8.76. The third kappa shape index (κ3) is 5.08. The Balaban J connectivity index is 0.000000655. The van der Waals surface area contributed by atoms with Crippen molar-refractivity contribution >= 4 is 32.8 Å². The molecule has 0 aliphatic heterocycles. The van der Waals surface area contributed by atoms with E-state index in [-0.39, 0.29) is 5.82 Å². The Hall–Kier alpha value is -4.48. The van der Waals surface area contributed by atoms with Crippen molar-refractivity contribution in [3.05, 3.63) is 84.6 Å². The van der Waals surface area contributed by atoms with Crippen molar-refractivity contribution in [2.75, 3.05) is 0 Å². The van der Waals surface area contributed by atoms with Gasteiger partial charge in [0.05, 0.1) is 22.6 Å². The molecule has 0 fully saturated rings. The van der Waals surface area contributed by atoms with E-state index in [1.54, 1.807) is 24.7 Å². The second kappa shape index (κ2) is 10.2. The molecule has 11 heteroatoms. The lowest BCUT2D eigenvalue weighted by molar-refractivity contribution is 0.616. The topological polar surface area (TPSA) is 143 Å². The van der Waals surface area contributed by atoms with Gasteiger partial charge in [0.1, 0.15) is 17.0 Å². The lowest BCUT2D eigenvalue weighted by Crippen LogP contribution is -1.89. The van der Waals surface area contributed by atoms with E-state index >= 15 is 0 Å². The molecule has 0 spiro atoms. The monoisotopic (exact) mass is 515 g/mol. The van der Waals surface area contributed by atoms with Crippen LogP contribution in [0.15, 0.2) is 73.2 Å². The van der Waals surface area contributed by atoms with Crippen molar-refractivity contribution in [3.63, 3.8) is 0 Å². The SMILES string of the molecule is CCc1cc(F)cc(-c2nccc3[nH]c(-c4n[nH]c5ccc(-c6ccncc6)nc45)cc23)c1.N[SH](=O)=O. The van der Waals surface area contributed by atoms with Crippen LogP contribution in [0.3, 0.4) is 0 Å². The first-order valence-electron chi connectivity index (χ1n) is 11.4. The maximum atomic E-state index is 14.2. The minimum absolute atomic E-state index is 0.259. The molecule has 9 nitrogen and oxygen atoms in total. The van der Waals surface area contributed by atoms with Crippen LogP contribution in [-0.2, 0) is 17.3 Å². The molecule has 5 aromatic heterocycles. The molecular formula is C26H22FN7O2S. The Morgan fingerprint density at radius 2 is 1.70 bits per heavy atom. The molecule has 0 saturated carbocycles. The Morgan fingerprint density at radius 3 is 2.46 bits per heavy atom. The molecule has 5 heterocycles. The Kier molecular flexibility index (Phi) is 6.71. The molecule has 4 N–H and O–H groups in total. The normalized spacial score (nSPS) is 11.1. The zero-order chi connectivity index (χ0) is 25.9. The predicted octanol–water partition coefficient (Wildman–Crippen LogP) is 4.40. The standard InChI is InChI=1S/C26H19FN6.H3NO2S/c1-2-15-11-17(13-18(27)12-15)24-19-14-23(30-21(19)7-10-29-24)26-25-22(32-33-26)4-3-20(31-25)16-5-8-28-9-6-16;1-4(2)3/h3-14,30H,2H2,1H3,(H,32,33);4H,(H2,1,2,3). The van der Waals surface area contributed by atoms with E-state index in [0.717, 1.165) is 67.8 Å². The molecule has 0 atom stereocenters. The van der Waals surface area contributed by atoms with Gasteiger partial charge < -0.3 is 4.98 Å². The maximum absolute atomic E-state index is 14.2. The number of aromatic amines is 2. The third-order valence-corrected chi connectivity index (χ3v) is 5.83. The van der Waals surface area contributed by atoms with Crippen LogP contribution in [0.5, 0.6) is 0 Å². The van der Waals surface area contributed by atoms with Crippen molar-refractivity contribution in [2.24, 2.45) is 5.14 Å². The van der Waals surface area contributed by atoms with Crippen LogP contribution in [0.25, 0.3) is 55.8 Å². The minimum atomic E-state index is -2.62. The van der Waals surface area contributed by atoms with E-state index in [9.17, 15) is 4.39 Å². The van der Waals surface area contributed by atoms with Crippen molar-refractivity contribution in [1.82, 2.24) is 30.1 Å². The number of rotatable bonds is 4. The molecule has 0 saturated heterocycles. The van der Waals surface area contributed by atoms with Gasteiger partial charge >= 0.3 is 0 Å².